The molecular formula is C7H10O5. The molecule has 0 aliphatic carbocycles. The molecule has 0 atom stereocenters. The van der Waals surface area contributed by atoms with Crippen molar-refractivity contribution in [2.45, 2.75) is 6.42 Å². The minimum Gasteiger partial charge on any atom is -0.478 e. The highest BCUT2D eigenvalue weighted by atomic mass is 16.5. The fourth-order valence-electron chi connectivity index (χ4n) is 0.634. The molecule has 12 heavy (non-hydrogen) atoms. The Labute approximate surface area is 69.3 Å². The van der Waals surface area contributed by atoms with E-state index in [-0.39, 0.29) is 18.6 Å². The lowest BCUT2D eigenvalue weighted by Gasteiger charge is -2.00. The summed E-state index contributed by atoms with van der Waals surface area (Å²) in [6.07, 6.45) is 0.709. The van der Waals surface area contributed by atoms with Gasteiger partial charge in [-0.1, -0.05) is 0 Å². The van der Waals surface area contributed by atoms with E-state index in [1.54, 1.807) is 0 Å². The molecule has 0 aromatic carbocycles. The number of hydrogen-bond acceptors (Lipinski definition) is 4. The second kappa shape index (κ2) is 5.31. The Morgan fingerprint density at radius 2 is 2.08 bits per heavy atom. The van der Waals surface area contributed by atoms with Crippen molar-refractivity contribution in [3.8, 4) is 0 Å². The first-order valence-electron chi connectivity index (χ1n) is 3.24. The minimum absolute atomic E-state index is 0.0149. The van der Waals surface area contributed by atoms with Gasteiger partial charge in [-0.15, -0.1) is 0 Å². The molecular weight excluding hydrogens is 164 g/mol. The van der Waals surface area contributed by atoms with Crippen LogP contribution < -0.4 is 0 Å². The monoisotopic (exact) mass is 174 g/mol. The summed E-state index contributed by atoms with van der Waals surface area (Å²) in [6, 6.07) is 0. The summed E-state index contributed by atoms with van der Waals surface area (Å²) in [4.78, 5) is 20.9. The maximum absolute atomic E-state index is 10.8. The number of esters is 1. The second-order valence-electron chi connectivity index (χ2n) is 1.97. The third-order valence-electron chi connectivity index (χ3n) is 1.13. The Morgan fingerprint density at radius 3 is 2.42 bits per heavy atom. The zero-order valence-electron chi connectivity index (χ0n) is 6.61. The SMILES string of the molecule is COC(=O)/C(=C/C(=O)O)CCO. The molecule has 68 valence electrons. The third-order valence-corrected chi connectivity index (χ3v) is 1.13. The van der Waals surface area contributed by atoms with Crippen molar-refractivity contribution in [1.82, 2.24) is 0 Å². The number of aliphatic hydroxyl groups is 1. The van der Waals surface area contributed by atoms with Gasteiger partial charge in [0.05, 0.1) is 7.11 Å². The van der Waals surface area contributed by atoms with Crippen LogP contribution >= 0.6 is 0 Å². The van der Waals surface area contributed by atoms with Crippen molar-refractivity contribution in [3.05, 3.63) is 11.6 Å². The Balaban J connectivity index is 4.42. The van der Waals surface area contributed by atoms with Gasteiger partial charge in [0.2, 0.25) is 0 Å². The molecule has 5 nitrogen and oxygen atoms in total. The second-order valence-corrected chi connectivity index (χ2v) is 1.97. The van der Waals surface area contributed by atoms with Gasteiger partial charge in [-0.3, -0.25) is 0 Å². The summed E-state index contributed by atoms with van der Waals surface area (Å²) in [6.45, 7) is -0.284. The molecule has 0 amide bonds. The zero-order valence-corrected chi connectivity index (χ0v) is 6.61. The van der Waals surface area contributed by atoms with E-state index < -0.39 is 11.9 Å². The van der Waals surface area contributed by atoms with Crippen LogP contribution in [0.5, 0.6) is 0 Å². The number of ether oxygens (including phenoxy) is 1. The summed E-state index contributed by atoms with van der Waals surface area (Å²) >= 11 is 0. The van der Waals surface area contributed by atoms with Gasteiger partial charge in [-0.05, 0) is 0 Å². The van der Waals surface area contributed by atoms with E-state index in [1.165, 1.54) is 0 Å². The van der Waals surface area contributed by atoms with Gasteiger partial charge < -0.3 is 14.9 Å². The van der Waals surface area contributed by atoms with Crippen LogP contribution in [0.1, 0.15) is 6.42 Å². The van der Waals surface area contributed by atoms with Crippen molar-refractivity contribution < 1.29 is 24.5 Å². The number of carboxylic acids is 1. The maximum Gasteiger partial charge on any atom is 0.334 e. The molecule has 0 saturated carbocycles. The zero-order chi connectivity index (χ0) is 9.56. The molecule has 0 aromatic heterocycles. The first kappa shape index (κ1) is 10.6. The molecule has 0 rings (SSSR count). The topological polar surface area (TPSA) is 83.8 Å². The standard InChI is InChI=1S/C7H10O5/c1-12-7(11)5(2-3-8)4-6(9)10/h4,8H,2-3H2,1H3,(H,9,10)/b5-4+. The van der Waals surface area contributed by atoms with E-state index >= 15 is 0 Å². The highest BCUT2D eigenvalue weighted by molar-refractivity contribution is 5.95. The first-order chi connectivity index (χ1) is 5.61. The lowest BCUT2D eigenvalue weighted by Crippen LogP contribution is -2.08. The van der Waals surface area contributed by atoms with Crippen molar-refractivity contribution in [3.63, 3.8) is 0 Å². The summed E-state index contributed by atoms with van der Waals surface area (Å²) in [7, 11) is 1.15. The van der Waals surface area contributed by atoms with E-state index in [9.17, 15) is 9.59 Å². The molecule has 2 N–H and O–H groups in total. The lowest BCUT2D eigenvalue weighted by atomic mass is 10.2. The van der Waals surface area contributed by atoms with E-state index in [1.807, 2.05) is 0 Å². The van der Waals surface area contributed by atoms with Crippen molar-refractivity contribution in [1.29, 1.82) is 0 Å². The van der Waals surface area contributed by atoms with Crippen molar-refractivity contribution >= 4 is 11.9 Å². The predicted molar refractivity (Wildman–Crippen MR) is 39.4 cm³/mol. The third kappa shape index (κ3) is 3.72. The molecule has 0 aliphatic heterocycles. The van der Waals surface area contributed by atoms with Crippen LogP contribution in [0.2, 0.25) is 0 Å². The fourth-order valence-corrected chi connectivity index (χ4v) is 0.634. The summed E-state index contributed by atoms with van der Waals surface area (Å²) in [5, 5.41) is 16.7. The molecule has 0 radical (unpaired) electrons. The van der Waals surface area contributed by atoms with E-state index in [2.05, 4.69) is 4.74 Å². The van der Waals surface area contributed by atoms with Gasteiger partial charge in [0, 0.05) is 24.7 Å². The van der Waals surface area contributed by atoms with Crippen LogP contribution in [0.4, 0.5) is 0 Å². The van der Waals surface area contributed by atoms with E-state index in [0.29, 0.717) is 0 Å². The summed E-state index contributed by atoms with van der Waals surface area (Å²) in [5.41, 5.74) is -0.0486. The summed E-state index contributed by atoms with van der Waals surface area (Å²) < 4.78 is 4.28. The molecule has 0 bridgehead atoms. The van der Waals surface area contributed by atoms with Crippen LogP contribution in [-0.4, -0.2) is 35.9 Å². The average molecular weight is 174 g/mol. The van der Waals surface area contributed by atoms with Crippen LogP contribution in [0, 0.1) is 0 Å². The normalized spacial score (nSPS) is 11.0. The minimum atomic E-state index is -1.23. The molecule has 0 spiro atoms. The van der Waals surface area contributed by atoms with E-state index in [0.717, 1.165) is 13.2 Å². The molecule has 0 unspecified atom stereocenters. The number of carbonyl (C=O) groups excluding carboxylic acids is 1. The maximum atomic E-state index is 10.8. The average Bonchev–Trinajstić information content (AvgIpc) is 2.01. The van der Waals surface area contributed by atoms with Crippen molar-refractivity contribution in [2.75, 3.05) is 13.7 Å². The molecule has 0 heterocycles. The quantitative estimate of drug-likeness (QED) is 0.445. The number of carbonyl (C=O) groups is 2. The van der Waals surface area contributed by atoms with Gasteiger partial charge in [0.1, 0.15) is 0 Å². The van der Waals surface area contributed by atoms with Crippen molar-refractivity contribution in [2.24, 2.45) is 0 Å². The number of carboxylic acid groups (broad SMARTS) is 1. The Kier molecular flexibility index (Phi) is 4.71. The number of rotatable bonds is 4. The molecule has 0 fully saturated rings. The van der Waals surface area contributed by atoms with Gasteiger partial charge in [0.25, 0.3) is 0 Å². The van der Waals surface area contributed by atoms with Gasteiger partial charge in [-0.25, -0.2) is 9.59 Å². The Hall–Kier alpha value is -1.36. The molecule has 5 heteroatoms. The molecule has 0 saturated heterocycles. The summed E-state index contributed by atoms with van der Waals surface area (Å²) in [5.74, 6) is -1.96. The van der Waals surface area contributed by atoms with Crippen LogP contribution in [-0.2, 0) is 14.3 Å². The van der Waals surface area contributed by atoms with Crippen LogP contribution in [0.25, 0.3) is 0 Å². The number of aliphatic carboxylic acids is 1. The Morgan fingerprint density at radius 1 is 1.50 bits per heavy atom. The van der Waals surface area contributed by atoms with Crippen LogP contribution in [0.15, 0.2) is 11.6 Å². The highest BCUT2D eigenvalue weighted by Gasteiger charge is 2.10. The number of hydrogen-bond donors (Lipinski definition) is 2. The highest BCUT2D eigenvalue weighted by Crippen LogP contribution is 2.02. The van der Waals surface area contributed by atoms with Gasteiger partial charge in [-0.2, -0.15) is 0 Å². The molecule has 0 aliphatic rings. The van der Waals surface area contributed by atoms with E-state index in [4.69, 9.17) is 10.2 Å². The molecule has 0 aromatic rings. The van der Waals surface area contributed by atoms with Gasteiger partial charge >= 0.3 is 11.9 Å². The predicted octanol–water partition coefficient (Wildman–Crippen LogP) is -0.447. The van der Waals surface area contributed by atoms with Gasteiger partial charge in [0.15, 0.2) is 0 Å². The number of methoxy groups -OCH3 is 1. The number of aliphatic hydroxyl groups excluding tert-OH is 1. The smallest absolute Gasteiger partial charge is 0.334 e. The Bertz CT molecular complexity index is 206. The van der Waals surface area contributed by atoms with Crippen LogP contribution in [0.3, 0.4) is 0 Å². The first-order valence-corrected chi connectivity index (χ1v) is 3.24. The fraction of sp³-hybridized carbons (Fsp3) is 0.429. The lowest BCUT2D eigenvalue weighted by molar-refractivity contribution is -0.137. The largest absolute Gasteiger partial charge is 0.478 e.